The molecule has 1 spiro atoms. The molecule has 0 amide bonds. The molecule has 3 fully saturated rings. The predicted octanol–water partition coefficient (Wildman–Crippen LogP) is 2.92. The molecule has 0 saturated heterocycles. The summed E-state index contributed by atoms with van der Waals surface area (Å²) in [4.78, 5) is 4.61. The van der Waals surface area contributed by atoms with E-state index in [0.717, 1.165) is 31.4 Å². The molecular formula is C16H30IN3O. The maximum atomic E-state index is 5.92. The zero-order chi connectivity index (χ0) is 14.2. The molecule has 0 aromatic heterocycles. The van der Waals surface area contributed by atoms with Crippen LogP contribution in [0.2, 0.25) is 0 Å². The topological polar surface area (TPSA) is 45.7 Å². The third-order valence-corrected chi connectivity index (χ3v) is 5.50. The van der Waals surface area contributed by atoms with Crippen LogP contribution in [-0.4, -0.2) is 37.3 Å². The second-order valence-electron chi connectivity index (χ2n) is 6.75. The van der Waals surface area contributed by atoms with E-state index in [1.54, 1.807) is 0 Å². The normalized spacial score (nSPS) is 36.2. The second kappa shape index (κ2) is 7.02. The van der Waals surface area contributed by atoms with Gasteiger partial charge in [0.15, 0.2) is 5.96 Å². The molecule has 0 radical (unpaired) electrons. The number of nitrogens with one attached hydrogen (secondary N) is 2. The van der Waals surface area contributed by atoms with Gasteiger partial charge in [0.2, 0.25) is 0 Å². The monoisotopic (exact) mass is 407 g/mol. The minimum atomic E-state index is 0. The summed E-state index contributed by atoms with van der Waals surface area (Å²) in [5.74, 6) is 1.82. The van der Waals surface area contributed by atoms with E-state index in [4.69, 9.17) is 4.74 Å². The fraction of sp³-hybridized carbons (Fsp3) is 0.938. The minimum Gasteiger partial charge on any atom is -0.378 e. The smallest absolute Gasteiger partial charge is 0.191 e. The van der Waals surface area contributed by atoms with Crippen molar-refractivity contribution in [2.24, 2.45) is 16.3 Å². The van der Waals surface area contributed by atoms with Gasteiger partial charge in [0.1, 0.15) is 0 Å². The third-order valence-electron chi connectivity index (χ3n) is 5.50. The first kappa shape index (κ1) is 17.3. The summed E-state index contributed by atoms with van der Waals surface area (Å²) >= 11 is 0. The fourth-order valence-electron chi connectivity index (χ4n) is 3.80. The van der Waals surface area contributed by atoms with Crippen molar-refractivity contribution in [1.29, 1.82) is 0 Å². The summed E-state index contributed by atoms with van der Waals surface area (Å²) in [6, 6.07) is 1.19. The zero-order valence-corrected chi connectivity index (χ0v) is 15.9. The van der Waals surface area contributed by atoms with Gasteiger partial charge >= 0.3 is 0 Å². The Morgan fingerprint density at radius 3 is 2.43 bits per heavy atom. The molecule has 0 heterocycles. The molecule has 0 aromatic carbocycles. The van der Waals surface area contributed by atoms with E-state index in [-0.39, 0.29) is 24.0 Å². The lowest BCUT2D eigenvalue weighted by Crippen LogP contribution is -2.68. The van der Waals surface area contributed by atoms with Gasteiger partial charge in [-0.3, -0.25) is 4.99 Å². The first-order valence-electron chi connectivity index (χ1n) is 8.38. The Morgan fingerprint density at radius 1 is 1.24 bits per heavy atom. The summed E-state index contributed by atoms with van der Waals surface area (Å²) in [7, 11) is 0. The Morgan fingerprint density at radius 2 is 1.95 bits per heavy atom. The third kappa shape index (κ3) is 3.33. The van der Waals surface area contributed by atoms with E-state index >= 15 is 0 Å². The van der Waals surface area contributed by atoms with Crippen molar-refractivity contribution in [3.05, 3.63) is 0 Å². The number of nitrogens with zero attached hydrogens (tertiary/aromatic N) is 1. The number of hydrogen-bond acceptors (Lipinski definition) is 2. The van der Waals surface area contributed by atoms with E-state index in [1.165, 1.54) is 25.7 Å². The largest absolute Gasteiger partial charge is 0.378 e. The number of halogens is 1. The first-order chi connectivity index (χ1) is 9.69. The van der Waals surface area contributed by atoms with Gasteiger partial charge in [-0.2, -0.15) is 0 Å². The Bertz CT molecular complexity index is 384. The zero-order valence-electron chi connectivity index (χ0n) is 13.5. The van der Waals surface area contributed by atoms with Gasteiger partial charge in [-0.1, -0.05) is 13.3 Å². The lowest BCUT2D eigenvalue weighted by molar-refractivity contribution is -0.168. The van der Waals surface area contributed by atoms with E-state index in [0.29, 0.717) is 23.6 Å². The number of aliphatic imine (C=N–C) groups is 1. The van der Waals surface area contributed by atoms with Gasteiger partial charge in [0.25, 0.3) is 0 Å². The van der Waals surface area contributed by atoms with Crippen LogP contribution in [0.1, 0.15) is 52.9 Å². The van der Waals surface area contributed by atoms with Gasteiger partial charge < -0.3 is 15.4 Å². The Hall–Kier alpha value is -0.0400. The standard InChI is InChI=1S/C16H29N3O.HI/c1-4-17-15(18-12-9-11(12)3)19-13-10-14(20-5-2)16(13)7-6-8-16;/h11-14H,4-10H2,1-3H3,(H2,17,18,19);1H. The highest BCUT2D eigenvalue weighted by atomic mass is 127. The molecule has 21 heavy (non-hydrogen) atoms. The van der Waals surface area contributed by atoms with Crippen LogP contribution < -0.4 is 10.6 Å². The van der Waals surface area contributed by atoms with E-state index < -0.39 is 0 Å². The van der Waals surface area contributed by atoms with Gasteiger partial charge in [0, 0.05) is 30.7 Å². The Kier molecular flexibility index (Phi) is 5.79. The highest BCUT2D eigenvalue weighted by molar-refractivity contribution is 14.0. The summed E-state index contributed by atoms with van der Waals surface area (Å²) in [6.07, 6.45) is 6.87. The van der Waals surface area contributed by atoms with Crippen LogP contribution in [0.25, 0.3) is 0 Å². The molecular weight excluding hydrogens is 377 g/mol. The molecule has 0 aromatic rings. The molecule has 3 aliphatic carbocycles. The fourth-order valence-corrected chi connectivity index (χ4v) is 3.80. The van der Waals surface area contributed by atoms with Crippen LogP contribution in [-0.2, 0) is 4.74 Å². The Balaban J connectivity index is 0.00000161. The van der Waals surface area contributed by atoms with Crippen molar-refractivity contribution in [3.8, 4) is 0 Å². The maximum absolute atomic E-state index is 5.92. The molecule has 122 valence electrons. The Labute approximate surface area is 145 Å². The number of guanidine groups is 1. The summed E-state index contributed by atoms with van der Waals surface area (Å²) < 4.78 is 5.92. The molecule has 5 heteroatoms. The highest BCUT2D eigenvalue weighted by Gasteiger charge is 2.59. The minimum absolute atomic E-state index is 0. The van der Waals surface area contributed by atoms with Crippen LogP contribution in [0.5, 0.6) is 0 Å². The highest BCUT2D eigenvalue weighted by Crippen LogP contribution is 2.57. The molecule has 4 unspecified atom stereocenters. The van der Waals surface area contributed by atoms with E-state index in [9.17, 15) is 0 Å². The van der Waals surface area contributed by atoms with Crippen LogP contribution >= 0.6 is 24.0 Å². The summed E-state index contributed by atoms with van der Waals surface area (Å²) in [5, 5.41) is 7.26. The van der Waals surface area contributed by atoms with Gasteiger partial charge in [-0.25, -0.2) is 0 Å². The lowest BCUT2D eigenvalue weighted by Gasteiger charge is -2.61. The molecule has 0 aliphatic heterocycles. The molecule has 3 rings (SSSR count). The molecule has 4 nitrogen and oxygen atoms in total. The van der Waals surface area contributed by atoms with Gasteiger partial charge in [-0.15, -0.1) is 24.0 Å². The molecule has 0 bridgehead atoms. The average Bonchev–Trinajstić information content (AvgIpc) is 3.01. The number of hydrogen-bond donors (Lipinski definition) is 2. The summed E-state index contributed by atoms with van der Waals surface area (Å²) in [6.45, 7) is 8.18. The maximum Gasteiger partial charge on any atom is 0.191 e. The van der Waals surface area contributed by atoms with Crippen LogP contribution in [0, 0.1) is 11.3 Å². The lowest BCUT2D eigenvalue weighted by atomic mass is 9.51. The van der Waals surface area contributed by atoms with Crippen molar-refractivity contribution >= 4 is 29.9 Å². The van der Waals surface area contributed by atoms with Crippen molar-refractivity contribution in [3.63, 3.8) is 0 Å². The number of ether oxygens (including phenoxy) is 1. The predicted molar refractivity (Wildman–Crippen MR) is 97.3 cm³/mol. The molecule has 2 N–H and O–H groups in total. The molecule has 3 saturated carbocycles. The van der Waals surface area contributed by atoms with Crippen LogP contribution in [0.4, 0.5) is 0 Å². The summed E-state index contributed by atoms with van der Waals surface area (Å²) in [5.41, 5.74) is 0.404. The van der Waals surface area contributed by atoms with Crippen molar-refractivity contribution in [2.75, 3.05) is 13.2 Å². The van der Waals surface area contributed by atoms with Gasteiger partial charge in [0.05, 0.1) is 6.10 Å². The SMILES string of the molecule is CCN=C(NC1CC1C)NC1CC(OCC)C12CCC2.I. The van der Waals surface area contributed by atoms with Crippen molar-refractivity contribution < 1.29 is 4.74 Å². The second-order valence-corrected chi connectivity index (χ2v) is 6.75. The van der Waals surface area contributed by atoms with Crippen LogP contribution in [0.15, 0.2) is 4.99 Å². The van der Waals surface area contributed by atoms with Crippen molar-refractivity contribution in [1.82, 2.24) is 10.6 Å². The van der Waals surface area contributed by atoms with Crippen molar-refractivity contribution in [2.45, 2.75) is 71.1 Å². The van der Waals surface area contributed by atoms with E-state index in [2.05, 4.69) is 36.4 Å². The quantitative estimate of drug-likeness (QED) is 0.419. The van der Waals surface area contributed by atoms with Gasteiger partial charge in [-0.05, 0) is 45.4 Å². The van der Waals surface area contributed by atoms with E-state index in [1.807, 2.05) is 0 Å². The van der Waals surface area contributed by atoms with Crippen LogP contribution in [0.3, 0.4) is 0 Å². The number of rotatable bonds is 5. The first-order valence-corrected chi connectivity index (χ1v) is 8.38. The molecule has 3 aliphatic rings. The molecule has 4 atom stereocenters. The average molecular weight is 407 g/mol.